The van der Waals surface area contributed by atoms with Crippen molar-refractivity contribution in [3.63, 3.8) is 0 Å². The maximum Gasteiger partial charge on any atom is 0.356 e. The molecular formula is C19H16ClN3O4. The van der Waals surface area contributed by atoms with Crippen molar-refractivity contribution < 1.29 is 19.4 Å². The van der Waals surface area contributed by atoms with Crippen LogP contribution in [0.1, 0.15) is 21.9 Å². The minimum absolute atomic E-state index is 0.0535. The predicted molar refractivity (Wildman–Crippen MR) is 100 cm³/mol. The van der Waals surface area contributed by atoms with Crippen LogP contribution in [-0.2, 0) is 13.5 Å². The molecule has 1 aromatic heterocycles. The zero-order chi connectivity index (χ0) is 19.1. The highest BCUT2D eigenvalue weighted by molar-refractivity contribution is 6.31. The number of halogens is 1. The number of imidazole rings is 1. The molecule has 0 spiro atoms. The number of benzene rings is 2. The van der Waals surface area contributed by atoms with E-state index >= 15 is 0 Å². The first-order valence-electron chi connectivity index (χ1n) is 8.17. The van der Waals surface area contributed by atoms with Crippen molar-refractivity contribution in [2.24, 2.45) is 7.05 Å². The summed E-state index contributed by atoms with van der Waals surface area (Å²) in [5.41, 5.74) is 8.34. The summed E-state index contributed by atoms with van der Waals surface area (Å²) >= 11 is 5.96. The van der Waals surface area contributed by atoms with Gasteiger partial charge >= 0.3 is 5.97 Å². The second kappa shape index (κ2) is 6.51. The van der Waals surface area contributed by atoms with Crippen LogP contribution in [0.5, 0.6) is 11.5 Å². The fourth-order valence-electron chi connectivity index (χ4n) is 3.14. The van der Waals surface area contributed by atoms with Gasteiger partial charge in [0.2, 0.25) is 6.79 Å². The van der Waals surface area contributed by atoms with Gasteiger partial charge in [-0.25, -0.2) is 9.78 Å². The molecule has 2 aromatic carbocycles. The van der Waals surface area contributed by atoms with Gasteiger partial charge < -0.3 is 24.9 Å². The average Bonchev–Trinajstić information content (AvgIpc) is 3.20. The van der Waals surface area contributed by atoms with E-state index in [-0.39, 0.29) is 12.5 Å². The number of carbonyl (C=O) groups is 1. The van der Waals surface area contributed by atoms with Gasteiger partial charge in [0.05, 0.1) is 5.69 Å². The molecule has 138 valence electrons. The lowest BCUT2D eigenvalue weighted by molar-refractivity contribution is 0.0691. The molecule has 3 N–H and O–H groups in total. The molecule has 3 aromatic rings. The molecule has 8 heteroatoms. The van der Waals surface area contributed by atoms with Gasteiger partial charge in [-0.05, 0) is 35.9 Å². The number of hydrogen-bond acceptors (Lipinski definition) is 5. The third kappa shape index (κ3) is 3.06. The number of anilines is 1. The van der Waals surface area contributed by atoms with Crippen LogP contribution < -0.4 is 15.2 Å². The number of rotatable bonds is 4. The highest BCUT2D eigenvalue weighted by Crippen LogP contribution is 2.35. The van der Waals surface area contributed by atoms with E-state index in [0.717, 1.165) is 5.56 Å². The van der Waals surface area contributed by atoms with E-state index in [9.17, 15) is 9.90 Å². The molecule has 7 nitrogen and oxygen atoms in total. The Morgan fingerprint density at radius 2 is 2.04 bits per heavy atom. The van der Waals surface area contributed by atoms with Crippen molar-refractivity contribution in [3.05, 3.63) is 58.5 Å². The Kier molecular flexibility index (Phi) is 4.16. The number of aromatic nitrogens is 2. The Bertz CT molecular complexity index is 1060. The number of nitrogen functional groups attached to an aromatic ring is 1. The van der Waals surface area contributed by atoms with Crippen molar-refractivity contribution in [2.75, 3.05) is 12.5 Å². The third-order valence-corrected chi connectivity index (χ3v) is 4.69. The summed E-state index contributed by atoms with van der Waals surface area (Å²) < 4.78 is 12.5. The topological polar surface area (TPSA) is 99.6 Å². The summed E-state index contributed by atoms with van der Waals surface area (Å²) in [4.78, 5) is 16.1. The minimum atomic E-state index is -1.12. The van der Waals surface area contributed by atoms with Crippen LogP contribution in [-0.4, -0.2) is 27.4 Å². The van der Waals surface area contributed by atoms with Crippen LogP contribution in [0.2, 0.25) is 5.02 Å². The number of aromatic carboxylic acids is 1. The molecule has 2 heterocycles. The standard InChI is InChI=1S/C19H16ClN3O4/c1-23-16(7-10-2-5-14-15(6-10)27-9-26-14)22-17(19(24)25)18(23)12-4-3-11(20)8-13(12)21/h2-6,8H,7,9,21H2,1H3,(H,24,25). The van der Waals surface area contributed by atoms with Gasteiger partial charge in [-0.1, -0.05) is 17.7 Å². The molecular weight excluding hydrogens is 370 g/mol. The molecule has 0 atom stereocenters. The summed E-state index contributed by atoms with van der Waals surface area (Å²) in [7, 11) is 1.77. The first kappa shape index (κ1) is 17.2. The normalized spacial score (nSPS) is 12.4. The highest BCUT2D eigenvalue weighted by atomic mass is 35.5. The van der Waals surface area contributed by atoms with Crippen LogP contribution in [0.15, 0.2) is 36.4 Å². The summed E-state index contributed by atoms with van der Waals surface area (Å²) in [6, 6.07) is 10.6. The summed E-state index contributed by atoms with van der Waals surface area (Å²) in [5.74, 6) is 0.837. The van der Waals surface area contributed by atoms with E-state index in [1.54, 1.807) is 29.8 Å². The number of carboxylic acids is 1. The van der Waals surface area contributed by atoms with Gasteiger partial charge in [0.25, 0.3) is 0 Å². The molecule has 0 saturated heterocycles. The van der Waals surface area contributed by atoms with Gasteiger partial charge in [0.1, 0.15) is 5.82 Å². The molecule has 0 radical (unpaired) electrons. The van der Waals surface area contributed by atoms with Gasteiger partial charge in [-0.2, -0.15) is 0 Å². The Morgan fingerprint density at radius 3 is 2.78 bits per heavy atom. The fourth-order valence-corrected chi connectivity index (χ4v) is 3.32. The second-order valence-corrected chi connectivity index (χ2v) is 6.62. The summed E-state index contributed by atoms with van der Waals surface area (Å²) in [6.45, 7) is 0.199. The number of hydrogen-bond donors (Lipinski definition) is 2. The molecule has 4 rings (SSSR count). The Morgan fingerprint density at radius 1 is 1.26 bits per heavy atom. The van der Waals surface area contributed by atoms with Crippen LogP contribution >= 0.6 is 11.6 Å². The van der Waals surface area contributed by atoms with Gasteiger partial charge in [0, 0.05) is 29.7 Å². The van der Waals surface area contributed by atoms with Gasteiger partial charge in [-0.3, -0.25) is 0 Å². The molecule has 1 aliphatic heterocycles. The maximum absolute atomic E-state index is 11.8. The molecule has 1 aliphatic rings. The number of nitrogens with two attached hydrogens (primary N) is 1. The number of fused-ring (bicyclic) bond motifs is 1. The fraction of sp³-hybridized carbons (Fsp3) is 0.158. The zero-order valence-electron chi connectivity index (χ0n) is 14.4. The van der Waals surface area contributed by atoms with E-state index in [0.29, 0.717) is 45.7 Å². The lowest BCUT2D eigenvalue weighted by Gasteiger charge is -2.10. The van der Waals surface area contributed by atoms with E-state index in [1.807, 2.05) is 18.2 Å². The highest BCUT2D eigenvalue weighted by Gasteiger charge is 2.23. The number of carboxylic acid groups (broad SMARTS) is 1. The van der Waals surface area contributed by atoms with Crippen LogP contribution in [0.25, 0.3) is 11.3 Å². The summed E-state index contributed by atoms with van der Waals surface area (Å²) in [5, 5.41) is 10.1. The van der Waals surface area contributed by atoms with E-state index in [2.05, 4.69) is 4.98 Å². The quantitative estimate of drug-likeness (QED) is 0.668. The van der Waals surface area contributed by atoms with Crippen LogP contribution in [0.3, 0.4) is 0 Å². The first-order chi connectivity index (χ1) is 12.9. The second-order valence-electron chi connectivity index (χ2n) is 6.19. The molecule has 0 bridgehead atoms. The van der Waals surface area contributed by atoms with Crippen molar-refractivity contribution in [2.45, 2.75) is 6.42 Å². The Balaban J connectivity index is 1.77. The van der Waals surface area contributed by atoms with Gasteiger partial charge in [0.15, 0.2) is 17.2 Å². The lowest BCUT2D eigenvalue weighted by Crippen LogP contribution is -2.04. The Hall–Kier alpha value is -3.19. The van der Waals surface area contributed by atoms with Gasteiger partial charge in [-0.15, -0.1) is 0 Å². The predicted octanol–water partition coefficient (Wildman–Crippen LogP) is 3.34. The molecule has 0 unspecified atom stereocenters. The molecule has 27 heavy (non-hydrogen) atoms. The monoisotopic (exact) mass is 385 g/mol. The number of nitrogens with zero attached hydrogens (tertiary/aromatic N) is 2. The zero-order valence-corrected chi connectivity index (χ0v) is 15.2. The minimum Gasteiger partial charge on any atom is -0.476 e. The molecule has 0 amide bonds. The van der Waals surface area contributed by atoms with Crippen molar-refractivity contribution in [1.29, 1.82) is 0 Å². The largest absolute Gasteiger partial charge is 0.476 e. The molecule has 0 saturated carbocycles. The Labute approximate surface area is 159 Å². The van der Waals surface area contributed by atoms with E-state index < -0.39 is 5.97 Å². The lowest BCUT2D eigenvalue weighted by atomic mass is 10.1. The van der Waals surface area contributed by atoms with Crippen LogP contribution in [0, 0.1) is 0 Å². The van der Waals surface area contributed by atoms with Crippen LogP contribution in [0.4, 0.5) is 5.69 Å². The smallest absolute Gasteiger partial charge is 0.356 e. The van der Waals surface area contributed by atoms with Crippen molar-refractivity contribution in [3.8, 4) is 22.8 Å². The third-order valence-electron chi connectivity index (χ3n) is 4.46. The molecule has 0 aliphatic carbocycles. The average molecular weight is 386 g/mol. The van der Waals surface area contributed by atoms with Crippen molar-refractivity contribution >= 4 is 23.3 Å². The van der Waals surface area contributed by atoms with Crippen molar-refractivity contribution in [1.82, 2.24) is 9.55 Å². The van der Waals surface area contributed by atoms with E-state index in [1.165, 1.54) is 0 Å². The SMILES string of the molecule is Cn1c(Cc2ccc3c(c2)OCO3)nc(C(=O)O)c1-c1ccc(Cl)cc1N. The number of ether oxygens (including phenoxy) is 2. The van der Waals surface area contributed by atoms with E-state index in [4.69, 9.17) is 26.8 Å². The summed E-state index contributed by atoms with van der Waals surface area (Å²) in [6.07, 6.45) is 0.431. The molecule has 0 fully saturated rings. The first-order valence-corrected chi connectivity index (χ1v) is 8.54. The maximum atomic E-state index is 11.8.